The second-order valence-corrected chi connectivity index (χ2v) is 14.9. The lowest BCUT2D eigenvalue weighted by Crippen LogP contribution is -2.46. The Labute approximate surface area is 174 Å². The molecule has 1 fully saturated rings. The molecule has 1 atom stereocenters. The first-order chi connectivity index (χ1) is 13.2. The fraction of sp³-hybridized carbons (Fsp3) is 0.650. The van der Waals surface area contributed by atoms with Crippen molar-refractivity contribution in [2.24, 2.45) is 0 Å². The van der Waals surface area contributed by atoms with Gasteiger partial charge in [-0.05, 0) is 25.1 Å². The molecular weight excluding hydrogens is 386 g/mol. The minimum atomic E-state index is -1.78. The average Bonchev–Trinajstić information content (AvgIpc) is 3.10. The maximum absolute atomic E-state index is 6.51. The second-order valence-electron chi connectivity index (χ2n) is 9.01. The third kappa shape index (κ3) is 5.17. The standard InChI is InChI=1S/C20H33N5OSSi/c1-16(26-28(5,6)20(2,3)4)19-23-13-17(27-19)15-24-9-11-25(12-10-24)18-14-21-7-8-22-18/h7-8,13-14,16H,9-12,15H2,1-6H3/t16-/m1/s1. The van der Waals surface area contributed by atoms with Crippen molar-refractivity contribution in [1.82, 2.24) is 19.9 Å². The predicted molar refractivity (Wildman–Crippen MR) is 118 cm³/mol. The third-order valence-corrected chi connectivity index (χ3v) is 11.5. The van der Waals surface area contributed by atoms with Crippen LogP contribution >= 0.6 is 11.3 Å². The molecular formula is C20H33N5OSSi. The number of aromatic nitrogens is 3. The van der Waals surface area contributed by atoms with Gasteiger partial charge in [0.05, 0.1) is 12.3 Å². The Kier molecular flexibility index (Phi) is 6.53. The summed E-state index contributed by atoms with van der Waals surface area (Å²) >= 11 is 1.79. The predicted octanol–water partition coefficient (Wildman–Crippen LogP) is 4.34. The number of hydrogen-bond acceptors (Lipinski definition) is 7. The Bertz CT molecular complexity index is 753. The number of rotatable bonds is 6. The number of anilines is 1. The summed E-state index contributed by atoms with van der Waals surface area (Å²) < 4.78 is 6.51. The van der Waals surface area contributed by atoms with Crippen molar-refractivity contribution in [3.05, 3.63) is 34.7 Å². The Morgan fingerprint density at radius 1 is 1.11 bits per heavy atom. The summed E-state index contributed by atoms with van der Waals surface area (Å²) in [6, 6.07) is 0. The van der Waals surface area contributed by atoms with Gasteiger partial charge in [-0.15, -0.1) is 11.3 Å². The molecule has 0 aromatic carbocycles. The van der Waals surface area contributed by atoms with Crippen LogP contribution in [0, 0.1) is 0 Å². The van der Waals surface area contributed by atoms with Crippen molar-refractivity contribution in [3.63, 3.8) is 0 Å². The third-order valence-electron chi connectivity index (χ3n) is 5.82. The van der Waals surface area contributed by atoms with Gasteiger partial charge < -0.3 is 9.33 Å². The molecule has 3 rings (SSSR count). The van der Waals surface area contributed by atoms with Gasteiger partial charge in [-0.2, -0.15) is 0 Å². The fourth-order valence-corrected chi connectivity index (χ4v) is 5.44. The highest BCUT2D eigenvalue weighted by atomic mass is 32.1. The first-order valence-corrected chi connectivity index (χ1v) is 13.7. The summed E-state index contributed by atoms with van der Waals surface area (Å²) in [6.07, 6.45) is 7.41. The van der Waals surface area contributed by atoms with Crippen molar-refractivity contribution in [2.75, 3.05) is 31.1 Å². The Morgan fingerprint density at radius 2 is 1.82 bits per heavy atom. The van der Waals surface area contributed by atoms with Crippen molar-refractivity contribution in [3.8, 4) is 0 Å². The minimum Gasteiger partial charge on any atom is -0.408 e. The quantitative estimate of drug-likeness (QED) is 0.649. The Morgan fingerprint density at radius 3 is 2.43 bits per heavy atom. The molecule has 0 saturated carbocycles. The van der Waals surface area contributed by atoms with Gasteiger partial charge in [0.2, 0.25) is 0 Å². The average molecular weight is 420 g/mol. The molecule has 6 nitrogen and oxygen atoms in total. The lowest BCUT2D eigenvalue weighted by molar-refractivity contribution is 0.202. The van der Waals surface area contributed by atoms with E-state index in [-0.39, 0.29) is 11.1 Å². The van der Waals surface area contributed by atoms with Gasteiger partial charge in [-0.25, -0.2) is 9.97 Å². The first-order valence-electron chi connectivity index (χ1n) is 10.0. The summed E-state index contributed by atoms with van der Waals surface area (Å²) in [5.41, 5.74) is 0. The van der Waals surface area contributed by atoms with Gasteiger partial charge >= 0.3 is 0 Å². The molecule has 0 bridgehead atoms. The summed E-state index contributed by atoms with van der Waals surface area (Å²) in [7, 11) is -1.78. The molecule has 1 aliphatic heterocycles. The van der Waals surface area contributed by atoms with Gasteiger partial charge in [0.1, 0.15) is 10.8 Å². The van der Waals surface area contributed by atoms with Crippen LogP contribution in [0.1, 0.15) is 43.7 Å². The van der Waals surface area contributed by atoms with Crippen LogP contribution in [0.2, 0.25) is 18.1 Å². The monoisotopic (exact) mass is 419 g/mol. The molecule has 28 heavy (non-hydrogen) atoms. The molecule has 2 aromatic heterocycles. The van der Waals surface area contributed by atoms with Crippen LogP contribution in [-0.2, 0) is 11.0 Å². The molecule has 1 aliphatic rings. The van der Waals surface area contributed by atoms with E-state index in [4.69, 9.17) is 4.43 Å². The van der Waals surface area contributed by atoms with Crippen molar-refractivity contribution in [2.45, 2.75) is 58.5 Å². The van der Waals surface area contributed by atoms with E-state index in [0.29, 0.717) is 0 Å². The van der Waals surface area contributed by atoms with E-state index in [0.717, 1.165) is 43.5 Å². The highest BCUT2D eigenvalue weighted by molar-refractivity contribution is 7.11. The topological polar surface area (TPSA) is 54.4 Å². The molecule has 1 saturated heterocycles. The molecule has 0 N–H and O–H groups in total. The molecule has 2 aromatic rings. The molecule has 154 valence electrons. The molecule has 0 aliphatic carbocycles. The van der Waals surface area contributed by atoms with Gasteiger partial charge in [0.15, 0.2) is 8.32 Å². The van der Waals surface area contributed by atoms with E-state index in [2.05, 4.69) is 65.5 Å². The van der Waals surface area contributed by atoms with E-state index in [1.807, 2.05) is 12.4 Å². The number of nitrogens with zero attached hydrogens (tertiary/aromatic N) is 5. The lowest BCUT2D eigenvalue weighted by atomic mass is 10.2. The van der Waals surface area contributed by atoms with Crippen molar-refractivity contribution >= 4 is 25.5 Å². The van der Waals surface area contributed by atoms with Crippen LogP contribution in [0.5, 0.6) is 0 Å². The summed E-state index contributed by atoms with van der Waals surface area (Å²) in [5, 5.41) is 1.31. The van der Waals surface area contributed by atoms with Gasteiger partial charge in [0.25, 0.3) is 0 Å². The maximum atomic E-state index is 6.51. The van der Waals surface area contributed by atoms with Crippen LogP contribution in [0.4, 0.5) is 5.82 Å². The fourth-order valence-electron chi connectivity index (χ4n) is 3.06. The van der Waals surface area contributed by atoms with Crippen LogP contribution in [0.15, 0.2) is 24.8 Å². The minimum absolute atomic E-state index is 0.0631. The normalized spacial score (nSPS) is 17.7. The SMILES string of the molecule is C[C@@H](O[Si](C)(C)C(C)(C)C)c1ncc(CN2CCN(c3cnccn3)CC2)s1. The second kappa shape index (κ2) is 8.57. The van der Waals surface area contributed by atoms with E-state index in [9.17, 15) is 0 Å². The maximum Gasteiger partial charge on any atom is 0.193 e. The zero-order chi connectivity index (χ0) is 20.4. The van der Waals surface area contributed by atoms with E-state index in [1.54, 1.807) is 23.7 Å². The van der Waals surface area contributed by atoms with Gasteiger partial charge in [-0.3, -0.25) is 9.88 Å². The largest absolute Gasteiger partial charge is 0.408 e. The lowest BCUT2D eigenvalue weighted by Gasteiger charge is -2.38. The Hall–Kier alpha value is -1.35. The first kappa shape index (κ1) is 21.4. The number of thiazole rings is 1. The van der Waals surface area contributed by atoms with Gasteiger partial charge in [-0.1, -0.05) is 20.8 Å². The van der Waals surface area contributed by atoms with Gasteiger partial charge in [0, 0.05) is 56.2 Å². The number of hydrogen-bond donors (Lipinski definition) is 0. The smallest absolute Gasteiger partial charge is 0.193 e. The molecule has 8 heteroatoms. The van der Waals surface area contributed by atoms with Crippen molar-refractivity contribution in [1.29, 1.82) is 0 Å². The summed E-state index contributed by atoms with van der Waals surface area (Å²) in [4.78, 5) is 19.4. The van der Waals surface area contributed by atoms with E-state index >= 15 is 0 Å². The van der Waals surface area contributed by atoms with Crippen LogP contribution in [0.3, 0.4) is 0 Å². The van der Waals surface area contributed by atoms with Crippen LogP contribution < -0.4 is 4.90 Å². The van der Waals surface area contributed by atoms with E-state index in [1.165, 1.54) is 4.88 Å². The zero-order valence-corrected chi connectivity index (χ0v) is 19.8. The van der Waals surface area contributed by atoms with Crippen LogP contribution in [0.25, 0.3) is 0 Å². The highest BCUT2D eigenvalue weighted by Crippen LogP contribution is 2.40. The summed E-state index contributed by atoms with van der Waals surface area (Å²) in [5.74, 6) is 0.971. The molecule has 0 radical (unpaired) electrons. The highest BCUT2D eigenvalue weighted by Gasteiger charge is 2.39. The summed E-state index contributed by atoms with van der Waals surface area (Å²) in [6.45, 7) is 18.6. The molecule has 0 amide bonds. The zero-order valence-electron chi connectivity index (χ0n) is 18.0. The number of piperazine rings is 1. The Balaban J connectivity index is 1.53. The molecule has 3 heterocycles. The molecule has 0 spiro atoms. The van der Waals surface area contributed by atoms with Crippen LogP contribution in [-0.4, -0.2) is 54.3 Å². The van der Waals surface area contributed by atoms with Crippen molar-refractivity contribution < 1.29 is 4.43 Å². The van der Waals surface area contributed by atoms with E-state index < -0.39 is 8.32 Å². The molecule has 0 unspecified atom stereocenters.